The molecule has 1 aromatic carbocycles. The number of unbranched alkanes of at least 4 members (excludes halogenated alkanes) is 4. The Morgan fingerprint density at radius 1 is 1.00 bits per heavy atom. The first-order chi connectivity index (χ1) is 10.2. The lowest BCUT2D eigenvalue weighted by molar-refractivity contribution is 0.0595. The van der Waals surface area contributed by atoms with Crippen LogP contribution in [0.1, 0.15) is 54.9 Å². The Kier molecular flexibility index (Phi) is 7.65. The largest absolute Gasteiger partial charge is 0.497 e. The summed E-state index contributed by atoms with van der Waals surface area (Å²) in [7, 11) is 4.54. The second-order valence-corrected chi connectivity index (χ2v) is 5.02. The molecule has 0 aliphatic carbocycles. The van der Waals surface area contributed by atoms with Crippen LogP contribution in [0.5, 0.6) is 11.5 Å². The van der Waals surface area contributed by atoms with Crippen molar-refractivity contribution in [2.24, 2.45) is 0 Å². The number of hydrogen-bond donors (Lipinski definition) is 0. The molecule has 0 amide bonds. The number of esters is 1. The van der Waals surface area contributed by atoms with Gasteiger partial charge in [-0.05, 0) is 24.5 Å². The van der Waals surface area contributed by atoms with Gasteiger partial charge in [0.05, 0.1) is 21.3 Å². The molecule has 0 radical (unpaired) electrons. The molecule has 4 heteroatoms. The fraction of sp³-hybridized carbons (Fsp3) is 0.588. The molecule has 0 unspecified atom stereocenters. The zero-order valence-corrected chi connectivity index (χ0v) is 13.5. The Bertz CT molecular complexity index is 454. The maximum absolute atomic E-state index is 12.0. The van der Waals surface area contributed by atoms with Crippen LogP contribution in [0.3, 0.4) is 0 Å². The van der Waals surface area contributed by atoms with Gasteiger partial charge in [-0.25, -0.2) is 4.79 Å². The zero-order chi connectivity index (χ0) is 15.7. The third-order valence-electron chi connectivity index (χ3n) is 3.55. The number of rotatable bonds is 9. The van der Waals surface area contributed by atoms with Crippen LogP contribution in [0.15, 0.2) is 12.1 Å². The van der Waals surface area contributed by atoms with Crippen molar-refractivity contribution in [1.82, 2.24) is 0 Å². The summed E-state index contributed by atoms with van der Waals surface area (Å²) in [5.41, 5.74) is 1.44. The smallest absolute Gasteiger partial charge is 0.341 e. The molecule has 1 rings (SSSR count). The van der Waals surface area contributed by atoms with Crippen molar-refractivity contribution < 1.29 is 19.0 Å². The molecule has 0 heterocycles. The molecule has 0 aliphatic heterocycles. The molecule has 0 spiro atoms. The van der Waals surface area contributed by atoms with E-state index >= 15 is 0 Å². The average Bonchev–Trinajstić information content (AvgIpc) is 2.52. The summed E-state index contributed by atoms with van der Waals surface area (Å²) in [5, 5.41) is 0. The molecule has 0 atom stereocenters. The Balaban J connectivity index is 2.94. The van der Waals surface area contributed by atoms with E-state index in [0.717, 1.165) is 24.8 Å². The molecular formula is C17H26O4. The van der Waals surface area contributed by atoms with Crippen LogP contribution in [-0.4, -0.2) is 27.3 Å². The van der Waals surface area contributed by atoms with Gasteiger partial charge in [0.1, 0.15) is 17.1 Å². The molecule has 0 fully saturated rings. The van der Waals surface area contributed by atoms with Crippen molar-refractivity contribution in [3.05, 3.63) is 23.3 Å². The van der Waals surface area contributed by atoms with Crippen LogP contribution in [0, 0.1) is 0 Å². The number of methoxy groups -OCH3 is 3. The van der Waals surface area contributed by atoms with Gasteiger partial charge in [0.2, 0.25) is 0 Å². The van der Waals surface area contributed by atoms with Gasteiger partial charge >= 0.3 is 5.97 Å². The fourth-order valence-electron chi connectivity index (χ4n) is 2.37. The van der Waals surface area contributed by atoms with Gasteiger partial charge < -0.3 is 14.2 Å². The van der Waals surface area contributed by atoms with Crippen LogP contribution in [0.2, 0.25) is 0 Å². The molecule has 0 aromatic heterocycles. The minimum atomic E-state index is -0.363. The highest BCUT2D eigenvalue weighted by Crippen LogP contribution is 2.30. The average molecular weight is 294 g/mol. The second-order valence-electron chi connectivity index (χ2n) is 5.02. The highest BCUT2D eigenvalue weighted by molar-refractivity contribution is 5.94. The summed E-state index contributed by atoms with van der Waals surface area (Å²) in [6.07, 6.45) is 6.73. The van der Waals surface area contributed by atoms with Gasteiger partial charge in [-0.3, -0.25) is 0 Å². The topological polar surface area (TPSA) is 44.8 Å². The van der Waals surface area contributed by atoms with E-state index in [2.05, 4.69) is 6.92 Å². The number of carbonyl (C=O) groups excluding carboxylic acids is 1. The van der Waals surface area contributed by atoms with Crippen molar-refractivity contribution in [2.75, 3.05) is 21.3 Å². The van der Waals surface area contributed by atoms with E-state index in [4.69, 9.17) is 14.2 Å². The molecule has 0 N–H and O–H groups in total. The third-order valence-corrected chi connectivity index (χ3v) is 3.55. The van der Waals surface area contributed by atoms with E-state index in [1.165, 1.54) is 26.4 Å². The highest BCUT2D eigenvalue weighted by Gasteiger charge is 2.19. The first-order valence-electron chi connectivity index (χ1n) is 7.51. The van der Waals surface area contributed by atoms with E-state index in [9.17, 15) is 4.79 Å². The van der Waals surface area contributed by atoms with Crippen LogP contribution < -0.4 is 9.47 Å². The minimum absolute atomic E-state index is 0.363. The second kappa shape index (κ2) is 9.27. The van der Waals surface area contributed by atoms with Gasteiger partial charge in [0, 0.05) is 6.07 Å². The zero-order valence-electron chi connectivity index (χ0n) is 13.5. The lowest BCUT2D eigenvalue weighted by Gasteiger charge is -2.14. The third kappa shape index (κ3) is 4.96. The van der Waals surface area contributed by atoms with Crippen LogP contribution in [0.4, 0.5) is 0 Å². The predicted octanol–water partition coefficient (Wildman–Crippen LogP) is 4.00. The summed E-state index contributed by atoms with van der Waals surface area (Å²) in [4.78, 5) is 12.0. The quantitative estimate of drug-likeness (QED) is 0.510. The lowest BCUT2D eigenvalue weighted by Crippen LogP contribution is -2.09. The fourth-order valence-corrected chi connectivity index (χ4v) is 2.37. The molecule has 0 saturated carbocycles. The van der Waals surface area contributed by atoms with Crippen LogP contribution in [0.25, 0.3) is 0 Å². The predicted molar refractivity (Wildman–Crippen MR) is 83.3 cm³/mol. The molecule has 0 aliphatic rings. The van der Waals surface area contributed by atoms with Crippen molar-refractivity contribution >= 4 is 5.97 Å². The van der Waals surface area contributed by atoms with Gasteiger partial charge in [-0.1, -0.05) is 32.6 Å². The van der Waals surface area contributed by atoms with Gasteiger partial charge in [-0.2, -0.15) is 0 Å². The summed E-state index contributed by atoms with van der Waals surface area (Å²) in [6, 6.07) is 3.61. The van der Waals surface area contributed by atoms with E-state index in [1.54, 1.807) is 20.3 Å². The van der Waals surface area contributed by atoms with Gasteiger partial charge in [0.25, 0.3) is 0 Å². The van der Waals surface area contributed by atoms with E-state index < -0.39 is 0 Å². The molecular weight excluding hydrogens is 268 g/mol. The number of aryl methyl sites for hydroxylation is 1. The number of benzene rings is 1. The molecule has 118 valence electrons. The normalized spacial score (nSPS) is 10.3. The van der Waals surface area contributed by atoms with Crippen molar-refractivity contribution in [3.8, 4) is 11.5 Å². The summed E-state index contributed by atoms with van der Waals surface area (Å²) in [5.74, 6) is 0.839. The number of hydrogen-bond acceptors (Lipinski definition) is 4. The Hall–Kier alpha value is -1.71. The summed E-state index contributed by atoms with van der Waals surface area (Å²) >= 11 is 0. The summed E-state index contributed by atoms with van der Waals surface area (Å²) < 4.78 is 15.5. The summed E-state index contributed by atoms with van der Waals surface area (Å²) in [6.45, 7) is 2.20. The van der Waals surface area contributed by atoms with Crippen molar-refractivity contribution in [1.29, 1.82) is 0 Å². The van der Waals surface area contributed by atoms with Gasteiger partial charge in [-0.15, -0.1) is 0 Å². The Morgan fingerprint density at radius 2 is 1.71 bits per heavy atom. The Morgan fingerprint density at radius 3 is 2.29 bits per heavy atom. The molecule has 1 aromatic rings. The minimum Gasteiger partial charge on any atom is -0.497 e. The molecule has 0 bridgehead atoms. The van der Waals surface area contributed by atoms with Crippen LogP contribution in [-0.2, 0) is 11.2 Å². The van der Waals surface area contributed by atoms with Crippen LogP contribution >= 0.6 is 0 Å². The molecule has 4 nitrogen and oxygen atoms in total. The van der Waals surface area contributed by atoms with E-state index in [1.807, 2.05) is 6.07 Å². The number of carbonyl (C=O) groups is 1. The van der Waals surface area contributed by atoms with E-state index in [-0.39, 0.29) is 5.97 Å². The maximum Gasteiger partial charge on any atom is 0.341 e. The number of ether oxygens (including phenoxy) is 3. The first kappa shape index (κ1) is 17.3. The monoisotopic (exact) mass is 294 g/mol. The standard InChI is InChI=1S/C17H26O4/c1-5-6-7-8-9-10-13-11-14(19-2)12-15(20-3)16(13)17(18)21-4/h11-12H,5-10H2,1-4H3. The van der Waals surface area contributed by atoms with E-state index in [0.29, 0.717) is 17.1 Å². The Labute approximate surface area is 127 Å². The SMILES string of the molecule is CCCCCCCc1cc(OC)cc(OC)c1C(=O)OC. The highest BCUT2D eigenvalue weighted by atomic mass is 16.5. The maximum atomic E-state index is 12.0. The van der Waals surface area contributed by atoms with Crippen molar-refractivity contribution in [3.63, 3.8) is 0 Å². The molecule has 21 heavy (non-hydrogen) atoms. The van der Waals surface area contributed by atoms with Gasteiger partial charge in [0.15, 0.2) is 0 Å². The lowest BCUT2D eigenvalue weighted by atomic mass is 9.99. The molecule has 0 saturated heterocycles. The first-order valence-corrected chi connectivity index (χ1v) is 7.51. The van der Waals surface area contributed by atoms with Crippen molar-refractivity contribution in [2.45, 2.75) is 45.4 Å².